The number of rotatable bonds is 6. The van der Waals surface area contributed by atoms with E-state index in [0.29, 0.717) is 11.4 Å². The maximum atomic E-state index is 13.6. The molecule has 3 aromatic carbocycles. The number of ether oxygens (including phenoxy) is 1. The highest BCUT2D eigenvalue weighted by Crippen LogP contribution is 2.61. The molecule has 0 aromatic heterocycles. The SMILES string of the molecule is Cc1ccc(NC(=O)COC(=O)c2cccc(N3C(=O)[C@@H]4[C@@H]5C[C@@H]([C@H]4C3=O)[C@@H](c3ccccc3)C5)c2)c(C)c1. The Kier molecular flexibility index (Phi) is 6.29. The standard InChI is InChI=1S/C32H30N2O5/c1-18-11-12-26(19(2)13-18)33-27(35)17-39-32(38)21-9-6-10-23(14-21)34-30(36)28-22-15-24(20-7-4-3-5-8-20)25(16-22)29(28)31(34)37/h3-14,22,24-25,28-29H,15-17H2,1-2H3,(H,33,35)/t22-,24+,25+,28+,29+/m0/s1. The first kappa shape index (κ1) is 25.0. The Morgan fingerprint density at radius 2 is 1.67 bits per heavy atom. The fourth-order valence-electron chi connectivity index (χ4n) is 6.92. The fraction of sp³-hybridized carbons (Fsp3) is 0.312. The van der Waals surface area contributed by atoms with Crippen LogP contribution >= 0.6 is 0 Å². The number of nitrogens with zero attached hydrogens (tertiary/aromatic N) is 1. The van der Waals surface area contributed by atoms with E-state index in [1.54, 1.807) is 18.2 Å². The van der Waals surface area contributed by atoms with Crippen LogP contribution in [0.4, 0.5) is 11.4 Å². The highest BCUT2D eigenvalue weighted by Gasteiger charge is 2.64. The lowest BCUT2D eigenvalue weighted by atomic mass is 9.73. The molecular weight excluding hydrogens is 492 g/mol. The number of hydrogen-bond acceptors (Lipinski definition) is 5. The molecule has 7 heteroatoms. The lowest BCUT2D eigenvalue weighted by molar-refractivity contribution is -0.123. The molecule has 1 saturated heterocycles. The van der Waals surface area contributed by atoms with Crippen molar-refractivity contribution in [2.75, 3.05) is 16.8 Å². The van der Waals surface area contributed by atoms with Gasteiger partial charge in [-0.1, -0.05) is 54.1 Å². The first-order chi connectivity index (χ1) is 18.8. The summed E-state index contributed by atoms with van der Waals surface area (Å²) in [6, 6.07) is 22.2. The second-order valence-corrected chi connectivity index (χ2v) is 11.0. The average Bonchev–Trinajstić information content (AvgIpc) is 3.60. The largest absolute Gasteiger partial charge is 0.452 e. The number of amides is 3. The number of anilines is 2. The summed E-state index contributed by atoms with van der Waals surface area (Å²) < 4.78 is 5.24. The maximum Gasteiger partial charge on any atom is 0.338 e. The topological polar surface area (TPSA) is 92.8 Å². The molecule has 2 bridgehead atoms. The Bertz CT molecular complexity index is 1480. The van der Waals surface area contributed by atoms with Crippen LogP contribution in [0.5, 0.6) is 0 Å². The van der Waals surface area contributed by atoms with Crippen molar-refractivity contribution < 1.29 is 23.9 Å². The molecule has 0 unspecified atom stereocenters. The molecule has 7 nitrogen and oxygen atoms in total. The van der Waals surface area contributed by atoms with Crippen LogP contribution in [0, 0.1) is 37.5 Å². The zero-order chi connectivity index (χ0) is 27.3. The monoisotopic (exact) mass is 522 g/mol. The Labute approximate surface area is 227 Å². The average molecular weight is 523 g/mol. The van der Waals surface area contributed by atoms with Crippen LogP contribution in [0.25, 0.3) is 0 Å². The minimum Gasteiger partial charge on any atom is -0.452 e. The highest BCUT2D eigenvalue weighted by molar-refractivity contribution is 6.23. The quantitative estimate of drug-likeness (QED) is 0.362. The molecule has 0 spiro atoms. The van der Waals surface area contributed by atoms with Crippen molar-refractivity contribution in [1.29, 1.82) is 0 Å². The van der Waals surface area contributed by atoms with Crippen molar-refractivity contribution >= 4 is 35.1 Å². The highest BCUT2D eigenvalue weighted by atomic mass is 16.5. The molecule has 198 valence electrons. The Morgan fingerprint density at radius 3 is 2.44 bits per heavy atom. The van der Waals surface area contributed by atoms with Gasteiger partial charge in [-0.05, 0) is 79.8 Å². The van der Waals surface area contributed by atoms with Gasteiger partial charge in [0.1, 0.15) is 0 Å². The number of esters is 1. The van der Waals surface area contributed by atoms with E-state index in [4.69, 9.17) is 4.74 Å². The normalized spacial score (nSPS) is 25.1. The summed E-state index contributed by atoms with van der Waals surface area (Å²) >= 11 is 0. The molecule has 3 aliphatic rings. The van der Waals surface area contributed by atoms with E-state index < -0.39 is 18.5 Å². The summed E-state index contributed by atoms with van der Waals surface area (Å²) in [5.41, 5.74) is 4.42. The molecule has 1 heterocycles. The third kappa shape index (κ3) is 4.42. The summed E-state index contributed by atoms with van der Waals surface area (Å²) in [6.07, 6.45) is 1.82. The van der Waals surface area contributed by atoms with Gasteiger partial charge in [0.15, 0.2) is 6.61 Å². The molecule has 3 aromatic rings. The lowest BCUT2D eigenvalue weighted by Gasteiger charge is -2.28. The Balaban J connectivity index is 1.14. The minimum atomic E-state index is -0.698. The fourth-order valence-corrected chi connectivity index (χ4v) is 6.92. The van der Waals surface area contributed by atoms with Crippen LogP contribution in [0.15, 0.2) is 72.8 Å². The van der Waals surface area contributed by atoms with Crippen LogP contribution in [-0.4, -0.2) is 30.3 Å². The molecule has 39 heavy (non-hydrogen) atoms. The number of imide groups is 1. The van der Waals surface area contributed by atoms with Crippen LogP contribution in [-0.2, 0) is 19.1 Å². The van der Waals surface area contributed by atoms with Gasteiger partial charge < -0.3 is 10.1 Å². The molecule has 3 fully saturated rings. The van der Waals surface area contributed by atoms with E-state index in [2.05, 4.69) is 17.4 Å². The smallest absolute Gasteiger partial charge is 0.338 e. The van der Waals surface area contributed by atoms with Crippen LogP contribution < -0.4 is 10.2 Å². The number of carbonyl (C=O) groups excluding carboxylic acids is 4. The molecule has 2 saturated carbocycles. The summed E-state index contributed by atoms with van der Waals surface area (Å²) in [4.78, 5) is 53.5. The second-order valence-electron chi connectivity index (χ2n) is 11.0. The summed E-state index contributed by atoms with van der Waals surface area (Å²) in [5.74, 6) is -1.52. The predicted octanol–water partition coefficient (Wildman–Crippen LogP) is 5.03. The second kappa shape index (κ2) is 9.80. The van der Waals surface area contributed by atoms with E-state index >= 15 is 0 Å². The third-order valence-electron chi connectivity index (χ3n) is 8.57. The molecule has 2 aliphatic carbocycles. The van der Waals surface area contributed by atoms with E-state index in [9.17, 15) is 19.2 Å². The van der Waals surface area contributed by atoms with E-state index in [1.807, 2.05) is 50.2 Å². The molecule has 1 N–H and O–H groups in total. The van der Waals surface area contributed by atoms with Gasteiger partial charge in [0.2, 0.25) is 11.8 Å². The molecule has 5 atom stereocenters. The minimum absolute atomic E-state index is 0.146. The lowest BCUT2D eigenvalue weighted by Crippen LogP contribution is -2.33. The zero-order valence-corrected chi connectivity index (χ0v) is 21.9. The maximum absolute atomic E-state index is 13.6. The van der Waals surface area contributed by atoms with Crippen molar-refractivity contribution in [2.45, 2.75) is 32.6 Å². The number of carbonyl (C=O) groups is 4. The van der Waals surface area contributed by atoms with E-state index in [1.165, 1.54) is 16.5 Å². The summed E-state index contributed by atoms with van der Waals surface area (Å²) in [5, 5.41) is 2.75. The van der Waals surface area contributed by atoms with Gasteiger partial charge in [-0.25, -0.2) is 4.79 Å². The van der Waals surface area contributed by atoms with Crippen molar-refractivity contribution in [2.24, 2.45) is 23.7 Å². The number of aryl methyl sites for hydroxylation is 2. The summed E-state index contributed by atoms with van der Waals surface area (Å²) in [7, 11) is 0. The first-order valence-electron chi connectivity index (χ1n) is 13.4. The number of hydrogen-bond donors (Lipinski definition) is 1. The van der Waals surface area contributed by atoms with Gasteiger partial charge in [0.25, 0.3) is 5.91 Å². The summed E-state index contributed by atoms with van der Waals surface area (Å²) in [6.45, 7) is 3.41. The number of benzene rings is 3. The predicted molar refractivity (Wildman–Crippen MR) is 146 cm³/mol. The van der Waals surface area contributed by atoms with Gasteiger partial charge in [0, 0.05) is 5.69 Å². The van der Waals surface area contributed by atoms with Gasteiger partial charge in [-0.2, -0.15) is 0 Å². The Morgan fingerprint density at radius 1 is 0.897 bits per heavy atom. The first-order valence-corrected chi connectivity index (χ1v) is 13.4. The Hall–Kier alpha value is -4.26. The van der Waals surface area contributed by atoms with Crippen molar-refractivity contribution in [1.82, 2.24) is 0 Å². The van der Waals surface area contributed by atoms with Crippen molar-refractivity contribution in [3.8, 4) is 0 Å². The van der Waals surface area contributed by atoms with Crippen LogP contribution in [0.2, 0.25) is 0 Å². The van der Waals surface area contributed by atoms with Crippen LogP contribution in [0.3, 0.4) is 0 Å². The number of nitrogens with one attached hydrogen (secondary N) is 1. The zero-order valence-electron chi connectivity index (χ0n) is 21.9. The van der Waals surface area contributed by atoms with Crippen molar-refractivity contribution in [3.05, 3.63) is 95.1 Å². The molecule has 3 amide bonds. The van der Waals surface area contributed by atoms with Crippen LogP contribution in [0.1, 0.15) is 45.8 Å². The molecule has 6 rings (SSSR count). The number of fused-ring (bicyclic) bond motifs is 5. The van der Waals surface area contributed by atoms with E-state index in [-0.39, 0.29) is 47.0 Å². The van der Waals surface area contributed by atoms with Gasteiger partial charge >= 0.3 is 5.97 Å². The van der Waals surface area contributed by atoms with Gasteiger partial charge in [-0.3, -0.25) is 19.3 Å². The molecule has 0 radical (unpaired) electrons. The van der Waals surface area contributed by atoms with Crippen molar-refractivity contribution in [3.63, 3.8) is 0 Å². The third-order valence-corrected chi connectivity index (χ3v) is 8.57. The molecular formula is C32H30N2O5. The van der Waals surface area contributed by atoms with Gasteiger partial charge in [0.05, 0.1) is 23.1 Å². The van der Waals surface area contributed by atoms with Gasteiger partial charge in [-0.15, -0.1) is 0 Å². The molecule has 1 aliphatic heterocycles. The van der Waals surface area contributed by atoms with E-state index in [0.717, 1.165) is 24.0 Å².